The van der Waals surface area contributed by atoms with Crippen LogP contribution in [0.2, 0.25) is 0 Å². The highest BCUT2D eigenvalue weighted by Gasteiger charge is 2.08. The molecule has 0 aliphatic heterocycles. The van der Waals surface area contributed by atoms with Crippen molar-refractivity contribution in [1.82, 2.24) is 0 Å². The molecule has 5 nitrogen and oxygen atoms in total. The van der Waals surface area contributed by atoms with Gasteiger partial charge in [0.25, 0.3) is 0 Å². The molecule has 0 atom stereocenters. The molecule has 0 unspecified atom stereocenters. The van der Waals surface area contributed by atoms with E-state index in [4.69, 9.17) is 11.5 Å². The van der Waals surface area contributed by atoms with E-state index in [1.807, 2.05) is 0 Å². The SMILES string of the molecule is Nc1cccc(Nc2cccc(N)c2O)c1O. The minimum Gasteiger partial charge on any atom is -0.504 e. The average molecular weight is 231 g/mol. The van der Waals surface area contributed by atoms with Crippen LogP contribution in [0, 0.1) is 0 Å². The van der Waals surface area contributed by atoms with Crippen LogP contribution in [0.4, 0.5) is 22.7 Å². The Morgan fingerprint density at radius 1 is 0.765 bits per heavy atom. The normalized spacial score (nSPS) is 10.1. The lowest BCUT2D eigenvalue weighted by Gasteiger charge is -2.12. The second-order valence-corrected chi connectivity index (χ2v) is 3.61. The van der Waals surface area contributed by atoms with Crippen LogP contribution in [0.25, 0.3) is 0 Å². The summed E-state index contributed by atoms with van der Waals surface area (Å²) in [6, 6.07) is 9.85. The number of nitrogen functional groups attached to an aromatic ring is 2. The second-order valence-electron chi connectivity index (χ2n) is 3.61. The fraction of sp³-hybridized carbons (Fsp3) is 0. The number of para-hydroxylation sites is 2. The molecule has 0 bridgehead atoms. The summed E-state index contributed by atoms with van der Waals surface area (Å²) >= 11 is 0. The Hall–Kier alpha value is -2.56. The zero-order chi connectivity index (χ0) is 12.4. The van der Waals surface area contributed by atoms with E-state index in [2.05, 4.69) is 5.32 Å². The molecule has 5 heteroatoms. The molecule has 0 radical (unpaired) electrons. The van der Waals surface area contributed by atoms with E-state index in [1.54, 1.807) is 36.4 Å². The van der Waals surface area contributed by atoms with E-state index < -0.39 is 0 Å². The average Bonchev–Trinajstić information content (AvgIpc) is 2.31. The number of anilines is 4. The molecule has 0 amide bonds. The number of phenolic OH excluding ortho intramolecular Hbond substituents is 2. The Bertz CT molecular complexity index is 506. The van der Waals surface area contributed by atoms with Crippen molar-refractivity contribution >= 4 is 22.7 Å². The summed E-state index contributed by atoms with van der Waals surface area (Å²) in [5.74, 6) is -0.122. The molecule has 0 saturated carbocycles. The minimum atomic E-state index is -0.0608. The topological polar surface area (TPSA) is 105 Å². The van der Waals surface area contributed by atoms with Crippen molar-refractivity contribution in [3.8, 4) is 11.5 Å². The zero-order valence-electron chi connectivity index (χ0n) is 9.01. The van der Waals surface area contributed by atoms with Gasteiger partial charge in [0, 0.05) is 0 Å². The summed E-state index contributed by atoms with van der Waals surface area (Å²) < 4.78 is 0. The molecular weight excluding hydrogens is 218 g/mol. The van der Waals surface area contributed by atoms with Gasteiger partial charge in [-0.3, -0.25) is 0 Å². The standard InChI is InChI=1S/C12H13N3O2/c13-7-3-1-5-9(11(7)16)15-10-6-2-4-8(14)12(10)17/h1-6,15-17H,13-14H2. The van der Waals surface area contributed by atoms with Crippen LogP contribution in [-0.2, 0) is 0 Å². The summed E-state index contributed by atoms with van der Waals surface area (Å²) in [4.78, 5) is 0. The molecule has 0 heterocycles. The van der Waals surface area contributed by atoms with Crippen LogP contribution in [0.1, 0.15) is 0 Å². The number of phenols is 2. The van der Waals surface area contributed by atoms with Crippen molar-refractivity contribution < 1.29 is 10.2 Å². The molecular formula is C12H13N3O2. The molecule has 0 spiro atoms. The largest absolute Gasteiger partial charge is 0.504 e. The maximum Gasteiger partial charge on any atom is 0.162 e. The third-order valence-corrected chi connectivity index (χ3v) is 2.40. The van der Waals surface area contributed by atoms with Gasteiger partial charge in [0.15, 0.2) is 11.5 Å². The van der Waals surface area contributed by atoms with Gasteiger partial charge in [-0.05, 0) is 24.3 Å². The molecule has 2 aromatic carbocycles. The predicted molar refractivity (Wildman–Crippen MR) is 68.3 cm³/mol. The zero-order valence-corrected chi connectivity index (χ0v) is 9.01. The Balaban J connectivity index is 2.38. The Morgan fingerprint density at radius 2 is 1.18 bits per heavy atom. The number of nitrogens with one attached hydrogen (secondary N) is 1. The molecule has 88 valence electrons. The predicted octanol–water partition coefficient (Wildman–Crippen LogP) is 2.01. The molecule has 2 rings (SSSR count). The van der Waals surface area contributed by atoms with E-state index in [0.29, 0.717) is 11.4 Å². The van der Waals surface area contributed by atoms with Crippen LogP contribution in [0.15, 0.2) is 36.4 Å². The molecule has 0 fully saturated rings. The highest BCUT2D eigenvalue weighted by molar-refractivity contribution is 5.78. The van der Waals surface area contributed by atoms with Gasteiger partial charge < -0.3 is 27.0 Å². The lowest BCUT2D eigenvalue weighted by Crippen LogP contribution is -1.95. The van der Waals surface area contributed by atoms with Crippen molar-refractivity contribution in [2.75, 3.05) is 16.8 Å². The van der Waals surface area contributed by atoms with Crippen LogP contribution >= 0.6 is 0 Å². The summed E-state index contributed by atoms with van der Waals surface area (Å²) in [5, 5.41) is 22.3. The van der Waals surface area contributed by atoms with Crippen LogP contribution in [0.5, 0.6) is 11.5 Å². The van der Waals surface area contributed by atoms with Crippen molar-refractivity contribution in [1.29, 1.82) is 0 Å². The van der Waals surface area contributed by atoms with Gasteiger partial charge in [-0.25, -0.2) is 0 Å². The summed E-state index contributed by atoms with van der Waals surface area (Å²) in [7, 11) is 0. The van der Waals surface area contributed by atoms with Crippen molar-refractivity contribution in [2.45, 2.75) is 0 Å². The van der Waals surface area contributed by atoms with Gasteiger partial charge in [-0.1, -0.05) is 12.1 Å². The van der Waals surface area contributed by atoms with E-state index in [1.165, 1.54) is 0 Å². The molecule has 17 heavy (non-hydrogen) atoms. The fourth-order valence-corrected chi connectivity index (χ4v) is 1.47. The van der Waals surface area contributed by atoms with E-state index in [9.17, 15) is 10.2 Å². The lowest BCUT2D eigenvalue weighted by atomic mass is 10.2. The van der Waals surface area contributed by atoms with E-state index >= 15 is 0 Å². The van der Waals surface area contributed by atoms with E-state index in [0.717, 1.165) is 0 Å². The van der Waals surface area contributed by atoms with Gasteiger partial charge in [-0.15, -0.1) is 0 Å². The van der Waals surface area contributed by atoms with Gasteiger partial charge >= 0.3 is 0 Å². The van der Waals surface area contributed by atoms with E-state index in [-0.39, 0.29) is 22.9 Å². The van der Waals surface area contributed by atoms with Crippen molar-refractivity contribution in [3.63, 3.8) is 0 Å². The number of aromatic hydroxyl groups is 2. The van der Waals surface area contributed by atoms with Gasteiger partial charge in [0.05, 0.1) is 22.7 Å². The highest BCUT2D eigenvalue weighted by Crippen LogP contribution is 2.36. The van der Waals surface area contributed by atoms with Gasteiger partial charge in [-0.2, -0.15) is 0 Å². The third-order valence-electron chi connectivity index (χ3n) is 2.40. The van der Waals surface area contributed by atoms with Crippen LogP contribution in [-0.4, -0.2) is 10.2 Å². The summed E-state index contributed by atoms with van der Waals surface area (Å²) in [5.41, 5.74) is 12.5. The first-order valence-electron chi connectivity index (χ1n) is 5.01. The Kier molecular flexibility index (Phi) is 2.66. The van der Waals surface area contributed by atoms with Gasteiger partial charge in [0.2, 0.25) is 0 Å². The molecule has 0 aliphatic carbocycles. The molecule has 7 N–H and O–H groups in total. The first kappa shape index (κ1) is 10.9. The number of nitrogens with two attached hydrogens (primary N) is 2. The Labute approximate surface area is 98.3 Å². The summed E-state index contributed by atoms with van der Waals surface area (Å²) in [6.45, 7) is 0. The smallest absolute Gasteiger partial charge is 0.162 e. The number of benzene rings is 2. The quantitative estimate of drug-likeness (QED) is 0.401. The number of rotatable bonds is 2. The maximum atomic E-state index is 9.72. The fourth-order valence-electron chi connectivity index (χ4n) is 1.47. The molecule has 0 aromatic heterocycles. The van der Waals surface area contributed by atoms with Crippen LogP contribution in [0.3, 0.4) is 0 Å². The molecule has 2 aromatic rings. The van der Waals surface area contributed by atoms with Crippen molar-refractivity contribution in [3.05, 3.63) is 36.4 Å². The first-order chi connectivity index (χ1) is 8.09. The highest BCUT2D eigenvalue weighted by atomic mass is 16.3. The summed E-state index contributed by atoms with van der Waals surface area (Å²) in [6.07, 6.45) is 0. The third kappa shape index (κ3) is 2.03. The molecule has 0 saturated heterocycles. The maximum absolute atomic E-state index is 9.72. The van der Waals surface area contributed by atoms with Crippen molar-refractivity contribution in [2.24, 2.45) is 0 Å². The number of hydrogen-bond donors (Lipinski definition) is 5. The van der Waals surface area contributed by atoms with Gasteiger partial charge in [0.1, 0.15) is 0 Å². The number of hydrogen-bond acceptors (Lipinski definition) is 5. The lowest BCUT2D eigenvalue weighted by molar-refractivity contribution is 0.477. The Morgan fingerprint density at radius 3 is 1.59 bits per heavy atom. The molecule has 0 aliphatic rings. The van der Waals surface area contributed by atoms with Crippen LogP contribution < -0.4 is 16.8 Å². The first-order valence-corrected chi connectivity index (χ1v) is 5.01. The monoisotopic (exact) mass is 231 g/mol. The minimum absolute atomic E-state index is 0.0608. The second kappa shape index (κ2) is 4.13.